The van der Waals surface area contributed by atoms with Crippen molar-refractivity contribution in [2.45, 2.75) is 83.1 Å². The molecule has 0 saturated carbocycles. The fourth-order valence-corrected chi connectivity index (χ4v) is 3.83. The second-order valence-electron chi connectivity index (χ2n) is 10.1. The number of hydrogen-bond acceptors (Lipinski definition) is 12. The Morgan fingerprint density at radius 2 is 1.75 bits per heavy atom. The average Bonchev–Trinajstić information content (AvgIpc) is 3.38. The van der Waals surface area contributed by atoms with Crippen LogP contribution in [0, 0.1) is 0 Å². The van der Waals surface area contributed by atoms with Gasteiger partial charge in [0.25, 0.3) is 0 Å². The molecule has 1 saturated heterocycles. The molecule has 0 aliphatic carbocycles. The molecule has 3 unspecified atom stereocenters. The maximum absolute atomic E-state index is 12.1. The zero-order valence-electron chi connectivity index (χ0n) is 24.0. The topological polar surface area (TPSA) is 182 Å². The van der Waals surface area contributed by atoms with Gasteiger partial charge in [-0.3, -0.25) is 4.79 Å². The van der Waals surface area contributed by atoms with Crippen LogP contribution in [0.2, 0.25) is 0 Å². The Kier molecular flexibility index (Phi) is 17.4. The SMILES string of the molecule is CC(C)(NC(=O)CCCCCN)OCc1cn(CCOCCOCCOCCOCC2OCCC(O)C2O)nn1. The largest absolute Gasteiger partial charge is 0.390 e. The molecule has 14 heteroatoms. The van der Waals surface area contributed by atoms with Crippen molar-refractivity contribution in [2.24, 2.45) is 5.73 Å². The standard InChI is InChI=1S/C26H49N5O9/c1-26(2,28-24(33)6-4-3-5-8-27)40-19-21-18-31(30-29-21)9-11-35-12-13-36-14-15-37-16-17-38-20-23-25(34)22(32)7-10-39-23/h18,22-23,25,32,34H,3-17,19-20,27H2,1-2H3,(H,28,33). The lowest BCUT2D eigenvalue weighted by molar-refractivity contribution is -0.156. The van der Waals surface area contributed by atoms with E-state index in [1.54, 1.807) is 24.7 Å². The lowest BCUT2D eigenvalue weighted by atomic mass is 10.0. The predicted octanol–water partition coefficient (Wildman–Crippen LogP) is -0.257. The van der Waals surface area contributed by atoms with E-state index in [2.05, 4.69) is 15.6 Å². The monoisotopic (exact) mass is 575 g/mol. The predicted molar refractivity (Wildman–Crippen MR) is 144 cm³/mol. The molecule has 2 rings (SSSR count). The van der Waals surface area contributed by atoms with Gasteiger partial charge in [0.1, 0.15) is 23.6 Å². The van der Waals surface area contributed by atoms with Gasteiger partial charge in [0.05, 0.1) is 78.3 Å². The molecule has 0 aromatic carbocycles. The normalized spacial score (nSPS) is 19.7. The lowest BCUT2D eigenvalue weighted by Crippen LogP contribution is -2.46. The summed E-state index contributed by atoms with van der Waals surface area (Å²) in [5.41, 5.74) is 5.33. The number of aromatic nitrogens is 3. The second-order valence-corrected chi connectivity index (χ2v) is 10.1. The number of carbonyl (C=O) groups is 1. The summed E-state index contributed by atoms with van der Waals surface area (Å²) in [5.74, 6) is -0.0464. The fourth-order valence-electron chi connectivity index (χ4n) is 3.83. The average molecular weight is 576 g/mol. The number of nitrogens with zero attached hydrogens (tertiary/aromatic N) is 3. The molecule has 1 amide bonds. The first kappa shape index (κ1) is 34.5. The number of carbonyl (C=O) groups excluding carboxylic acids is 1. The molecule has 5 N–H and O–H groups in total. The van der Waals surface area contributed by atoms with Crippen LogP contribution in [-0.4, -0.2) is 121 Å². The van der Waals surface area contributed by atoms with Crippen LogP contribution in [0.5, 0.6) is 0 Å². The van der Waals surface area contributed by atoms with Crippen molar-refractivity contribution in [2.75, 3.05) is 66.0 Å². The molecule has 0 spiro atoms. The molecule has 1 aromatic rings. The highest BCUT2D eigenvalue weighted by molar-refractivity contribution is 5.76. The van der Waals surface area contributed by atoms with Crippen molar-refractivity contribution in [3.63, 3.8) is 0 Å². The first-order chi connectivity index (χ1) is 19.3. The van der Waals surface area contributed by atoms with Gasteiger partial charge in [-0.25, -0.2) is 4.68 Å². The summed E-state index contributed by atoms with van der Waals surface area (Å²) in [6.45, 7) is 8.66. The Morgan fingerprint density at radius 3 is 2.45 bits per heavy atom. The number of rotatable bonds is 23. The van der Waals surface area contributed by atoms with Crippen molar-refractivity contribution in [1.29, 1.82) is 0 Å². The van der Waals surface area contributed by atoms with Crippen LogP contribution >= 0.6 is 0 Å². The van der Waals surface area contributed by atoms with Crippen molar-refractivity contribution in [1.82, 2.24) is 20.3 Å². The number of aliphatic hydroxyl groups is 2. The smallest absolute Gasteiger partial charge is 0.222 e. The maximum atomic E-state index is 12.1. The van der Waals surface area contributed by atoms with Gasteiger partial charge in [-0.2, -0.15) is 0 Å². The third-order valence-electron chi connectivity index (χ3n) is 6.10. The van der Waals surface area contributed by atoms with Crippen LogP contribution in [0.25, 0.3) is 0 Å². The summed E-state index contributed by atoms with van der Waals surface area (Å²) < 4.78 is 34.8. The van der Waals surface area contributed by atoms with E-state index in [1.165, 1.54) is 0 Å². The first-order valence-corrected chi connectivity index (χ1v) is 14.1. The molecule has 0 radical (unpaired) electrons. The van der Waals surface area contributed by atoms with Crippen LogP contribution in [0.3, 0.4) is 0 Å². The first-order valence-electron chi connectivity index (χ1n) is 14.1. The highest BCUT2D eigenvalue weighted by Crippen LogP contribution is 2.15. The summed E-state index contributed by atoms with van der Waals surface area (Å²) in [6.07, 6.45) is 3.17. The molecule has 3 atom stereocenters. The number of nitrogens with two attached hydrogens (primary N) is 1. The van der Waals surface area contributed by atoms with Gasteiger partial charge in [0.15, 0.2) is 0 Å². The molecule has 14 nitrogen and oxygen atoms in total. The molecular formula is C26H49N5O9. The van der Waals surface area contributed by atoms with Gasteiger partial charge in [-0.05, 0) is 39.7 Å². The van der Waals surface area contributed by atoms with Crippen molar-refractivity contribution in [3.8, 4) is 0 Å². The highest BCUT2D eigenvalue weighted by atomic mass is 16.6. The van der Waals surface area contributed by atoms with E-state index in [0.29, 0.717) is 84.5 Å². The third-order valence-corrected chi connectivity index (χ3v) is 6.10. The van der Waals surface area contributed by atoms with Crippen LogP contribution in [0.1, 0.15) is 51.6 Å². The number of hydrogen-bond donors (Lipinski definition) is 4. The molecule has 1 aliphatic rings. The Hall–Kier alpha value is -1.75. The molecular weight excluding hydrogens is 526 g/mol. The van der Waals surface area contributed by atoms with Crippen LogP contribution in [-0.2, 0) is 46.4 Å². The minimum Gasteiger partial charge on any atom is -0.390 e. The van der Waals surface area contributed by atoms with Crippen LogP contribution < -0.4 is 11.1 Å². The minimum atomic E-state index is -0.917. The van der Waals surface area contributed by atoms with Crippen molar-refractivity contribution >= 4 is 5.91 Å². The van der Waals surface area contributed by atoms with Gasteiger partial charge >= 0.3 is 0 Å². The maximum Gasteiger partial charge on any atom is 0.222 e. The van der Waals surface area contributed by atoms with Gasteiger partial charge < -0.3 is 49.7 Å². The summed E-state index contributed by atoms with van der Waals surface area (Å²) >= 11 is 0. The molecule has 1 aromatic heterocycles. The Balaban J connectivity index is 1.40. The number of amides is 1. The van der Waals surface area contributed by atoms with Gasteiger partial charge in [0, 0.05) is 13.0 Å². The van der Waals surface area contributed by atoms with Crippen molar-refractivity contribution in [3.05, 3.63) is 11.9 Å². The molecule has 0 bridgehead atoms. The zero-order chi connectivity index (χ0) is 29.1. The Bertz CT molecular complexity index is 798. The number of nitrogens with one attached hydrogen (secondary N) is 1. The Labute approximate surface area is 236 Å². The fraction of sp³-hybridized carbons (Fsp3) is 0.885. The molecule has 2 heterocycles. The van der Waals surface area contributed by atoms with E-state index < -0.39 is 24.0 Å². The summed E-state index contributed by atoms with van der Waals surface area (Å²) in [6, 6.07) is 0. The molecule has 40 heavy (non-hydrogen) atoms. The van der Waals surface area contributed by atoms with E-state index in [9.17, 15) is 15.0 Å². The number of aliphatic hydroxyl groups excluding tert-OH is 2. The minimum absolute atomic E-state index is 0.0464. The third kappa shape index (κ3) is 15.3. The van der Waals surface area contributed by atoms with Gasteiger partial charge in [-0.15, -0.1) is 5.10 Å². The lowest BCUT2D eigenvalue weighted by Gasteiger charge is -2.31. The summed E-state index contributed by atoms with van der Waals surface area (Å²) in [7, 11) is 0. The van der Waals surface area contributed by atoms with E-state index >= 15 is 0 Å². The molecule has 1 aliphatic heterocycles. The molecule has 232 valence electrons. The van der Waals surface area contributed by atoms with E-state index in [0.717, 1.165) is 19.3 Å². The molecule has 1 fully saturated rings. The van der Waals surface area contributed by atoms with Crippen LogP contribution in [0.15, 0.2) is 6.20 Å². The number of ether oxygens (including phenoxy) is 6. The Morgan fingerprint density at radius 1 is 1.07 bits per heavy atom. The summed E-state index contributed by atoms with van der Waals surface area (Å²) in [4.78, 5) is 12.1. The van der Waals surface area contributed by atoms with E-state index in [-0.39, 0.29) is 19.1 Å². The number of unbranched alkanes of at least 4 members (excludes halogenated alkanes) is 2. The van der Waals surface area contributed by atoms with Gasteiger partial charge in [0.2, 0.25) is 5.91 Å². The quantitative estimate of drug-likeness (QED) is 0.0993. The highest BCUT2D eigenvalue weighted by Gasteiger charge is 2.31. The van der Waals surface area contributed by atoms with Crippen molar-refractivity contribution < 1.29 is 43.4 Å². The summed E-state index contributed by atoms with van der Waals surface area (Å²) in [5, 5.41) is 30.5. The van der Waals surface area contributed by atoms with E-state index in [4.69, 9.17) is 34.2 Å². The van der Waals surface area contributed by atoms with Crippen LogP contribution in [0.4, 0.5) is 0 Å². The second kappa shape index (κ2) is 20.2. The zero-order valence-corrected chi connectivity index (χ0v) is 24.0. The van der Waals surface area contributed by atoms with Gasteiger partial charge in [-0.1, -0.05) is 11.6 Å². The van der Waals surface area contributed by atoms with E-state index in [1.807, 2.05) is 0 Å².